The molecule has 0 saturated carbocycles. The van der Waals surface area contributed by atoms with E-state index >= 15 is 0 Å². The highest BCUT2D eigenvalue weighted by Gasteiger charge is 2.27. The van der Waals surface area contributed by atoms with E-state index in [1.807, 2.05) is 22.0 Å². The number of hydrogen-bond acceptors (Lipinski definition) is 6. The molecule has 158 valence electrons. The Morgan fingerprint density at radius 1 is 1.30 bits per heavy atom. The van der Waals surface area contributed by atoms with Crippen LogP contribution in [0.5, 0.6) is 5.75 Å². The number of hydrogen-bond donors (Lipinski definition) is 2. The number of hydrazine groups is 1. The largest absolute Gasteiger partial charge is 0.487 e. The minimum absolute atomic E-state index is 0.266. The van der Waals surface area contributed by atoms with Gasteiger partial charge in [0.25, 0.3) is 6.43 Å². The van der Waals surface area contributed by atoms with Crippen molar-refractivity contribution in [3.05, 3.63) is 71.1 Å². The van der Waals surface area contributed by atoms with Gasteiger partial charge in [-0.25, -0.2) is 22.8 Å². The van der Waals surface area contributed by atoms with Crippen molar-refractivity contribution in [1.29, 1.82) is 0 Å². The van der Waals surface area contributed by atoms with Gasteiger partial charge in [-0.15, -0.1) is 0 Å². The van der Waals surface area contributed by atoms with Crippen LogP contribution in [0.4, 0.5) is 13.2 Å². The van der Waals surface area contributed by atoms with Gasteiger partial charge in [-0.1, -0.05) is 0 Å². The lowest BCUT2D eigenvalue weighted by molar-refractivity contribution is 0.0814. The van der Waals surface area contributed by atoms with Crippen LogP contribution in [-0.4, -0.2) is 42.8 Å². The second kappa shape index (κ2) is 8.52. The fraction of sp³-hybridized carbons (Fsp3) is 0.300. The molecular weight excluding hydrogens is 397 g/mol. The Hall–Kier alpha value is -3.43. The minimum atomic E-state index is -2.59. The van der Waals surface area contributed by atoms with Crippen LogP contribution in [0.1, 0.15) is 11.4 Å². The predicted octanol–water partition coefficient (Wildman–Crippen LogP) is 1.72. The summed E-state index contributed by atoms with van der Waals surface area (Å²) in [5.41, 5.74) is 9.05. The Bertz CT molecular complexity index is 1060. The number of halogens is 3. The van der Waals surface area contributed by atoms with E-state index in [1.54, 1.807) is 19.3 Å². The average molecular weight is 418 g/mol. The maximum atomic E-state index is 13.8. The molecule has 1 aromatic heterocycles. The number of aromatic nitrogens is 2. The average Bonchev–Trinajstić information content (AvgIpc) is 3.38. The molecule has 7 nitrogen and oxygen atoms in total. The molecule has 2 aliphatic heterocycles. The molecule has 2 aliphatic rings. The van der Waals surface area contributed by atoms with Crippen molar-refractivity contribution in [3.8, 4) is 5.75 Å². The maximum Gasteiger partial charge on any atom is 0.272 e. The van der Waals surface area contributed by atoms with Crippen molar-refractivity contribution in [2.24, 2.45) is 4.99 Å². The van der Waals surface area contributed by atoms with E-state index in [0.29, 0.717) is 30.6 Å². The van der Waals surface area contributed by atoms with Crippen LogP contribution in [0.2, 0.25) is 0 Å². The van der Waals surface area contributed by atoms with E-state index in [4.69, 9.17) is 4.74 Å². The van der Waals surface area contributed by atoms with Gasteiger partial charge in [0.2, 0.25) is 0 Å². The van der Waals surface area contributed by atoms with Crippen molar-refractivity contribution in [2.75, 3.05) is 31.8 Å². The number of nitrogens with zero attached hydrogens (tertiary/aromatic N) is 4. The van der Waals surface area contributed by atoms with Crippen molar-refractivity contribution < 1.29 is 17.9 Å². The van der Waals surface area contributed by atoms with Gasteiger partial charge in [0.15, 0.2) is 11.3 Å². The molecule has 0 radical (unpaired) electrons. The zero-order chi connectivity index (χ0) is 21.1. The first kappa shape index (κ1) is 19.9. The minimum Gasteiger partial charge on any atom is -0.487 e. The summed E-state index contributed by atoms with van der Waals surface area (Å²) < 4.78 is 45.9. The highest BCUT2D eigenvalue weighted by molar-refractivity contribution is 5.72. The molecule has 1 aromatic carbocycles. The molecule has 0 saturated heterocycles. The number of rotatable bonds is 6. The number of allylic oxidation sites excluding steroid dienone is 1. The molecule has 0 fully saturated rings. The number of nitrogens with one attached hydrogen (secondary N) is 2. The lowest BCUT2D eigenvalue weighted by Crippen LogP contribution is -2.34. The Balaban J connectivity index is 1.59. The van der Waals surface area contributed by atoms with Crippen LogP contribution in [0.25, 0.3) is 5.57 Å². The smallest absolute Gasteiger partial charge is 0.272 e. The van der Waals surface area contributed by atoms with Crippen LogP contribution in [0, 0.1) is 5.82 Å². The molecule has 2 N–H and O–H groups in total. The van der Waals surface area contributed by atoms with Crippen LogP contribution in [0.3, 0.4) is 0 Å². The lowest BCUT2D eigenvalue weighted by atomic mass is 10.1. The van der Waals surface area contributed by atoms with Gasteiger partial charge in [0, 0.05) is 37.6 Å². The van der Waals surface area contributed by atoms with Gasteiger partial charge in [-0.3, -0.25) is 4.99 Å². The number of fused-ring (bicyclic) bond motifs is 1. The SMILES string of the molecule is CN=c1ccn2c(n1)C(=C1C=CNN1)CN2CCc1cc(F)ccc1OCC(F)F. The summed E-state index contributed by atoms with van der Waals surface area (Å²) in [6.07, 6.45) is 3.41. The summed E-state index contributed by atoms with van der Waals surface area (Å²) in [5.74, 6) is 0.582. The molecule has 0 atom stereocenters. The van der Waals surface area contributed by atoms with Crippen LogP contribution in [0.15, 0.2) is 53.4 Å². The van der Waals surface area contributed by atoms with Gasteiger partial charge in [0.05, 0.1) is 12.2 Å². The predicted molar refractivity (Wildman–Crippen MR) is 106 cm³/mol. The number of alkyl halides is 2. The van der Waals surface area contributed by atoms with Crippen molar-refractivity contribution in [3.63, 3.8) is 0 Å². The second-order valence-corrected chi connectivity index (χ2v) is 6.76. The summed E-state index contributed by atoms with van der Waals surface area (Å²) in [4.78, 5) is 8.76. The second-order valence-electron chi connectivity index (χ2n) is 6.76. The van der Waals surface area contributed by atoms with E-state index < -0.39 is 18.8 Å². The molecule has 0 unspecified atom stereocenters. The fourth-order valence-corrected chi connectivity index (χ4v) is 3.43. The molecular formula is C20H21F3N6O. The molecule has 4 rings (SSSR count). The van der Waals surface area contributed by atoms with Gasteiger partial charge >= 0.3 is 0 Å². The van der Waals surface area contributed by atoms with E-state index in [1.165, 1.54) is 18.2 Å². The van der Waals surface area contributed by atoms with Crippen LogP contribution < -0.4 is 26.1 Å². The summed E-state index contributed by atoms with van der Waals surface area (Å²) in [6.45, 7) is 0.343. The van der Waals surface area contributed by atoms with Crippen molar-refractivity contribution in [2.45, 2.75) is 12.8 Å². The van der Waals surface area contributed by atoms with Crippen molar-refractivity contribution >= 4 is 5.57 Å². The van der Waals surface area contributed by atoms with Gasteiger partial charge in [-0.2, -0.15) is 0 Å². The molecule has 2 aromatic rings. The third kappa shape index (κ3) is 4.12. The molecule has 30 heavy (non-hydrogen) atoms. The summed E-state index contributed by atoms with van der Waals surface area (Å²) >= 11 is 0. The molecule has 0 aliphatic carbocycles. The lowest BCUT2D eigenvalue weighted by Gasteiger charge is -2.21. The third-order valence-corrected chi connectivity index (χ3v) is 4.84. The fourth-order valence-electron chi connectivity index (χ4n) is 3.43. The third-order valence-electron chi connectivity index (χ3n) is 4.84. The van der Waals surface area contributed by atoms with E-state index in [-0.39, 0.29) is 5.75 Å². The first-order valence-electron chi connectivity index (χ1n) is 9.44. The first-order valence-corrected chi connectivity index (χ1v) is 9.44. The van der Waals surface area contributed by atoms with Crippen molar-refractivity contribution in [1.82, 2.24) is 20.5 Å². The summed E-state index contributed by atoms with van der Waals surface area (Å²) in [5, 5.41) is 2.04. The molecule has 3 heterocycles. The topological polar surface area (TPSA) is 66.7 Å². The van der Waals surface area contributed by atoms with Gasteiger partial charge < -0.3 is 20.6 Å². The van der Waals surface area contributed by atoms with Crippen LogP contribution in [-0.2, 0) is 6.42 Å². The van der Waals surface area contributed by atoms with Crippen LogP contribution >= 0.6 is 0 Å². The van der Waals surface area contributed by atoms with E-state index in [2.05, 4.69) is 20.8 Å². The summed E-state index contributed by atoms with van der Waals surface area (Å²) in [7, 11) is 1.68. The molecule has 0 spiro atoms. The maximum absolute atomic E-state index is 13.8. The van der Waals surface area contributed by atoms with Gasteiger partial charge in [-0.05, 0) is 36.3 Å². The molecule has 10 heteroatoms. The molecule has 0 bridgehead atoms. The first-order chi connectivity index (χ1) is 14.5. The number of benzene rings is 1. The Labute approximate surface area is 171 Å². The molecule has 0 amide bonds. The quantitative estimate of drug-likeness (QED) is 0.748. The Morgan fingerprint density at radius 2 is 2.17 bits per heavy atom. The van der Waals surface area contributed by atoms with Gasteiger partial charge in [0.1, 0.15) is 18.2 Å². The Morgan fingerprint density at radius 3 is 2.90 bits per heavy atom. The zero-order valence-corrected chi connectivity index (χ0v) is 16.3. The highest BCUT2D eigenvalue weighted by atomic mass is 19.3. The summed E-state index contributed by atoms with van der Waals surface area (Å²) in [6, 6.07) is 5.72. The Kier molecular flexibility index (Phi) is 5.64. The highest BCUT2D eigenvalue weighted by Crippen LogP contribution is 2.26. The number of ether oxygens (including phenoxy) is 1. The zero-order valence-electron chi connectivity index (χ0n) is 16.3. The monoisotopic (exact) mass is 418 g/mol. The normalized spacial score (nSPS) is 18.0. The standard InChI is InChI=1S/C20H21F3N6O/c1-24-19-6-9-29-20(26-19)15(16-4-7-25-27-16)11-28(29)8-5-13-10-14(21)2-3-17(13)30-12-18(22)23/h2-4,6-7,9-10,18,25,27H,5,8,11-12H2,1H3. The van der Waals surface area contributed by atoms with E-state index in [9.17, 15) is 13.2 Å². The van der Waals surface area contributed by atoms with E-state index in [0.717, 1.165) is 17.1 Å².